The van der Waals surface area contributed by atoms with E-state index in [1.807, 2.05) is 0 Å². The Morgan fingerprint density at radius 2 is 1.78 bits per heavy atom. The van der Waals surface area contributed by atoms with Gasteiger partial charge in [-0.2, -0.15) is 0 Å². The molecule has 154 valence electrons. The summed E-state index contributed by atoms with van der Waals surface area (Å²) in [5.41, 5.74) is 8.24. The van der Waals surface area contributed by atoms with E-state index in [1.54, 1.807) is 0 Å². The number of rotatable bonds is 2. The quantitative estimate of drug-likeness (QED) is 0.686. The van der Waals surface area contributed by atoms with Gasteiger partial charge in [0.2, 0.25) is 0 Å². The lowest BCUT2D eigenvalue weighted by atomic mass is 9.43. The predicted molar refractivity (Wildman–Crippen MR) is 110 cm³/mol. The lowest BCUT2D eigenvalue weighted by Gasteiger charge is -2.62. The maximum atomic E-state index is 11.2. The highest BCUT2D eigenvalue weighted by atomic mass is 16.3. The summed E-state index contributed by atoms with van der Waals surface area (Å²) in [5, 5.41) is 14.7. The van der Waals surface area contributed by atoms with Crippen molar-refractivity contribution in [3.05, 3.63) is 0 Å². The lowest BCUT2D eigenvalue weighted by molar-refractivity contribution is -0.131. The first-order valence-electron chi connectivity index (χ1n) is 11.8. The zero-order chi connectivity index (χ0) is 19.4. The van der Waals surface area contributed by atoms with E-state index in [2.05, 4.69) is 40.1 Å². The lowest BCUT2D eigenvalue weighted by Crippen LogP contribution is -2.57. The molecular weight excluding hydrogens is 332 g/mol. The van der Waals surface area contributed by atoms with E-state index >= 15 is 0 Å². The van der Waals surface area contributed by atoms with Crippen molar-refractivity contribution in [1.82, 2.24) is 5.32 Å². The Kier molecular flexibility index (Phi) is 3.86. The van der Waals surface area contributed by atoms with Crippen molar-refractivity contribution in [2.45, 2.75) is 97.2 Å². The standard InChI is InChI=1S/C24H42N2O/c1-14-16-6-7-19-22(4)12-18(27)20(15(2)26-5)21(22,3)10-11-24(19)13-23(16,24)9-8-17(14)25/h14-20,26-27H,6-13,25H2,1-5H3/t14-,15-,16-,17-,18+,19-,20-,21+,22-,23+,24-/m0/s1. The van der Waals surface area contributed by atoms with Crippen LogP contribution in [0.5, 0.6) is 0 Å². The van der Waals surface area contributed by atoms with Crippen LogP contribution >= 0.6 is 0 Å². The van der Waals surface area contributed by atoms with Crippen LogP contribution in [0, 0.1) is 45.3 Å². The van der Waals surface area contributed by atoms with E-state index < -0.39 is 0 Å². The summed E-state index contributed by atoms with van der Waals surface area (Å²) in [6.07, 6.45) is 10.4. The molecule has 0 aromatic rings. The van der Waals surface area contributed by atoms with Crippen LogP contribution in [0.15, 0.2) is 0 Å². The van der Waals surface area contributed by atoms with Gasteiger partial charge >= 0.3 is 0 Å². The van der Waals surface area contributed by atoms with Crippen molar-refractivity contribution in [2.75, 3.05) is 7.05 Å². The maximum Gasteiger partial charge on any atom is 0.0594 e. The van der Waals surface area contributed by atoms with Gasteiger partial charge < -0.3 is 16.2 Å². The Balaban J connectivity index is 1.52. The van der Waals surface area contributed by atoms with Crippen LogP contribution in [0.25, 0.3) is 0 Å². The smallest absolute Gasteiger partial charge is 0.0594 e. The second-order valence-corrected chi connectivity index (χ2v) is 12.0. The van der Waals surface area contributed by atoms with Gasteiger partial charge in [-0.25, -0.2) is 0 Å². The van der Waals surface area contributed by atoms with Gasteiger partial charge in [0.1, 0.15) is 0 Å². The molecule has 5 rings (SSSR count). The first-order chi connectivity index (χ1) is 12.7. The van der Waals surface area contributed by atoms with Crippen molar-refractivity contribution in [3.8, 4) is 0 Å². The average Bonchev–Trinajstić information content (AvgIpc) is 3.24. The third kappa shape index (κ3) is 1.96. The molecule has 5 fully saturated rings. The van der Waals surface area contributed by atoms with Gasteiger partial charge in [-0.3, -0.25) is 0 Å². The van der Waals surface area contributed by atoms with Crippen LogP contribution in [0.3, 0.4) is 0 Å². The molecule has 0 bridgehead atoms. The Morgan fingerprint density at radius 3 is 2.48 bits per heavy atom. The van der Waals surface area contributed by atoms with E-state index in [0.717, 1.165) is 18.3 Å². The summed E-state index contributed by atoms with van der Waals surface area (Å²) >= 11 is 0. The third-order valence-electron chi connectivity index (χ3n) is 11.8. The first-order valence-corrected chi connectivity index (χ1v) is 11.8. The second-order valence-electron chi connectivity index (χ2n) is 12.0. The number of nitrogens with one attached hydrogen (secondary N) is 1. The normalized spacial score (nSPS) is 62.8. The van der Waals surface area contributed by atoms with Crippen molar-refractivity contribution < 1.29 is 5.11 Å². The minimum atomic E-state index is -0.149. The molecule has 11 atom stereocenters. The van der Waals surface area contributed by atoms with E-state index in [9.17, 15) is 5.11 Å². The molecule has 3 nitrogen and oxygen atoms in total. The molecule has 5 aliphatic carbocycles. The van der Waals surface area contributed by atoms with Gasteiger partial charge in [-0.15, -0.1) is 0 Å². The third-order valence-corrected chi connectivity index (χ3v) is 11.8. The van der Waals surface area contributed by atoms with Crippen LogP contribution in [0.2, 0.25) is 0 Å². The molecule has 5 saturated carbocycles. The Labute approximate surface area is 166 Å². The number of aliphatic hydroxyl groups excluding tert-OH is 1. The highest BCUT2D eigenvalue weighted by molar-refractivity contribution is 5.30. The fraction of sp³-hybridized carbons (Fsp3) is 1.00. The molecule has 0 aromatic heterocycles. The summed E-state index contributed by atoms with van der Waals surface area (Å²) in [6.45, 7) is 9.85. The fourth-order valence-electron chi connectivity index (χ4n) is 10.2. The molecule has 0 aromatic carbocycles. The molecular formula is C24H42N2O. The Bertz CT molecular complexity index is 638. The average molecular weight is 375 g/mol. The largest absolute Gasteiger partial charge is 0.393 e. The van der Waals surface area contributed by atoms with Crippen LogP contribution in [-0.2, 0) is 0 Å². The molecule has 0 radical (unpaired) electrons. The van der Waals surface area contributed by atoms with Crippen LogP contribution in [-0.4, -0.2) is 30.3 Å². The van der Waals surface area contributed by atoms with Crippen molar-refractivity contribution >= 4 is 0 Å². The predicted octanol–water partition coefficient (Wildman–Crippen LogP) is 3.94. The monoisotopic (exact) mass is 374 g/mol. The maximum absolute atomic E-state index is 11.2. The second kappa shape index (κ2) is 5.52. The highest BCUT2D eigenvalue weighted by Crippen LogP contribution is 2.87. The van der Waals surface area contributed by atoms with E-state index in [0.29, 0.717) is 34.7 Å². The molecule has 0 saturated heterocycles. The van der Waals surface area contributed by atoms with Gasteiger partial charge in [-0.05, 0) is 105 Å². The first kappa shape index (κ1) is 18.9. The van der Waals surface area contributed by atoms with Crippen LogP contribution in [0.4, 0.5) is 0 Å². The summed E-state index contributed by atoms with van der Waals surface area (Å²) in [4.78, 5) is 0. The van der Waals surface area contributed by atoms with Gasteiger partial charge in [0.25, 0.3) is 0 Å². The summed E-state index contributed by atoms with van der Waals surface area (Å²) in [6, 6.07) is 0.812. The number of aliphatic hydroxyl groups is 1. The Morgan fingerprint density at radius 1 is 1.04 bits per heavy atom. The zero-order valence-electron chi connectivity index (χ0n) is 18.2. The van der Waals surface area contributed by atoms with E-state index in [-0.39, 0.29) is 16.9 Å². The number of hydrogen-bond donors (Lipinski definition) is 3. The van der Waals surface area contributed by atoms with Crippen LogP contribution in [0.1, 0.15) is 79.1 Å². The molecule has 0 amide bonds. The van der Waals surface area contributed by atoms with E-state index in [4.69, 9.17) is 5.73 Å². The van der Waals surface area contributed by atoms with Gasteiger partial charge in [-0.1, -0.05) is 20.8 Å². The van der Waals surface area contributed by atoms with E-state index in [1.165, 1.54) is 44.9 Å². The molecule has 0 aliphatic heterocycles. The van der Waals surface area contributed by atoms with Crippen molar-refractivity contribution in [1.29, 1.82) is 0 Å². The summed E-state index contributed by atoms with van der Waals surface area (Å²) in [5.74, 6) is 2.76. The Hall–Kier alpha value is -0.120. The van der Waals surface area contributed by atoms with Crippen molar-refractivity contribution in [2.24, 2.45) is 51.1 Å². The van der Waals surface area contributed by atoms with Crippen molar-refractivity contribution in [3.63, 3.8) is 0 Å². The van der Waals surface area contributed by atoms with Gasteiger partial charge in [0, 0.05) is 18.0 Å². The van der Waals surface area contributed by atoms with Gasteiger partial charge in [0.05, 0.1) is 6.10 Å². The fourth-order valence-corrected chi connectivity index (χ4v) is 10.2. The van der Waals surface area contributed by atoms with Gasteiger partial charge in [0.15, 0.2) is 0 Å². The number of fused-ring (bicyclic) bond motifs is 2. The molecule has 5 aliphatic rings. The summed E-state index contributed by atoms with van der Waals surface area (Å²) in [7, 11) is 2.06. The topological polar surface area (TPSA) is 58.3 Å². The number of nitrogens with two attached hydrogens (primary N) is 1. The van der Waals surface area contributed by atoms with Crippen LogP contribution < -0.4 is 11.1 Å². The molecule has 2 spiro atoms. The molecule has 0 unspecified atom stereocenters. The SMILES string of the molecule is CN[C@@H](C)[C@H]1[C@H](O)C[C@@]2(C)[C@@H]3CC[C@H]4[C@H](C)[C@@H](N)CC[C@@]45C[C@@]35CC[C@]12C. The molecule has 3 heteroatoms. The summed E-state index contributed by atoms with van der Waals surface area (Å²) < 4.78 is 0. The molecule has 4 N–H and O–H groups in total. The minimum Gasteiger partial charge on any atom is -0.393 e. The minimum absolute atomic E-state index is 0.149. The number of hydrogen-bond acceptors (Lipinski definition) is 3. The molecule has 27 heavy (non-hydrogen) atoms. The zero-order valence-corrected chi connectivity index (χ0v) is 18.2. The molecule has 0 heterocycles. The highest BCUT2D eigenvalue weighted by Gasteiger charge is 2.81.